The van der Waals surface area contributed by atoms with Gasteiger partial charge in [0, 0.05) is 18.7 Å². The van der Waals surface area contributed by atoms with Crippen molar-refractivity contribution in [2.45, 2.75) is 18.5 Å². The average molecular weight is 274 g/mol. The van der Waals surface area contributed by atoms with E-state index in [1.54, 1.807) is 7.11 Å². The molecule has 1 aliphatic carbocycles. The Balaban J connectivity index is 1.63. The number of hydrogen-bond acceptors (Lipinski definition) is 4. The summed E-state index contributed by atoms with van der Waals surface area (Å²) in [6.45, 7) is 0.748. The molecular weight excluding hydrogens is 256 g/mol. The number of rotatable bonds is 2. The van der Waals surface area contributed by atoms with Crippen molar-refractivity contribution in [1.82, 2.24) is 5.06 Å². The van der Waals surface area contributed by atoms with Crippen molar-refractivity contribution >= 4 is 11.6 Å². The fourth-order valence-corrected chi connectivity index (χ4v) is 3.97. The molecule has 0 spiro atoms. The Bertz CT molecular complexity index is 545. The van der Waals surface area contributed by atoms with Gasteiger partial charge in [-0.05, 0) is 30.7 Å². The number of hydroxylamine groups is 2. The van der Waals surface area contributed by atoms with Gasteiger partial charge in [0.1, 0.15) is 5.75 Å². The van der Waals surface area contributed by atoms with Crippen LogP contribution in [0, 0.1) is 11.8 Å². The molecule has 0 aromatic heterocycles. The number of carbonyl (C=O) groups is 1. The number of likely N-dealkylation sites (N-methyl/N-ethyl adjacent to an activating group) is 1. The third-order valence-corrected chi connectivity index (χ3v) is 4.92. The minimum atomic E-state index is 0.179. The average Bonchev–Trinajstić information content (AvgIpc) is 2.98. The molecule has 1 aromatic rings. The van der Waals surface area contributed by atoms with Gasteiger partial charge in [0.05, 0.1) is 31.7 Å². The van der Waals surface area contributed by atoms with Crippen LogP contribution >= 0.6 is 0 Å². The molecule has 5 heteroatoms. The summed E-state index contributed by atoms with van der Waals surface area (Å²) in [6, 6.07) is 8.30. The molecule has 2 heterocycles. The first-order chi connectivity index (χ1) is 9.70. The molecule has 2 saturated heterocycles. The molecule has 20 heavy (non-hydrogen) atoms. The molecule has 3 aliphatic rings. The van der Waals surface area contributed by atoms with E-state index in [-0.39, 0.29) is 17.9 Å². The summed E-state index contributed by atoms with van der Waals surface area (Å²) in [5.41, 5.74) is 0.956. The Morgan fingerprint density at radius 1 is 1.25 bits per heavy atom. The lowest BCUT2D eigenvalue weighted by molar-refractivity contribution is -0.140. The van der Waals surface area contributed by atoms with Gasteiger partial charge in [0.25, 0.3) is 0 Å². The van der Waals surface area contributed by atoms with Crippen molar-refractivity contribution in [3.8, 4) is 5.75 Å². The number of benzene rings is 1. The first-order valence-electron chi connectivity index (χ1n) is 7.03. The third-order valence-electron chi connectivity index (χ3n) is 4.92. The van der Waals surface area contributed by atoms with Gasteiger partial charge in [-0.25, -0.2) is 0 Å². The van der Waals surface area contributed by atoms with Crippen molar-refractivity contribution in [2.75, 3.05) is 25.7 Å². The number of fused-ring (bicyclic) bond motifs is 3. The quantitative estimate of drug-likeness (QED) is 0.762. The Morgan fingerprint density at radius 2 is 2.00 bits per heavy atom. The van der Waals surface area contributed by atoms with Gasteiger partial charge in [-0.2, -0.15) is 5.06 Å². The van der Waals surface area contributed by atoms with E-state index in [2.05, 4.69) is 0 Å². The first kappa shape index (κ1) is 12.2. The predicted molar refractivity (Wildman–Crippen MR) is 73.4 cm³/mol. The zero-order valence-corrected chi connectivity index (χ0v) is 11.7. The molecule has 4 rings (SSSR count). The summed E-state index contributed by atoms with van der Waals surface area (Å²) in [5, 5.41) is 1.94. The molecule has 3 fully saturated rings. The minimum absolute atomic E-state index is 0.179. The predicted octanol–water partition coefficient (Wildman–Crippen LogP) is 1.29. The number of anilines is 1. The fraction of sp³-hybridized carbons (Fsp3) is 0.533. The van der Waals surface area contributed by atoms with E-state index in [0.29, 0.717) is 12.0 Å². The number of β-lactam (4-membered cyclic amide) rings is 1. The van der Waals surface area contributed by atoms with Crippen LogP contribution in [0.2, 0.25) is 0 Å². The third kappa shape index (κ3) is 1.47. The molecular formula is C15H18N2O3. The van der Waals surface area contributed by atoms with E-state index >= 15 is 0 Å². The summed E-state index contributed by atoms with van der Waals surface area (Å²) in [5.74, 6) is 1.73. The lowest BCUT2D eigenvalue weighted by Gasteiger charge is -2.46. The van der Waals surface area contributed by atoms with Crippen molar-refractivity contribution in [2.24, 2.45) is 11.8 Å². The summed E-state index contributed by atoms with van der Waals surface area (Å²) >= 11 is 0. The highest BCUT2D eigenvalue weighted by atomic mass is 16.7. The standard InChI is InChI=1S/C15H18N2O3/c1-16-13-9(8-20-16)7-12-14(13)17(15(12)18)10-3-5-11(19-2)6-4-10/h3-6,9,12-14H,7-8H2,1-2H3/t9-,12+,13+,14+/m1/s1. The van der Waals surface area contributed by atoms with Crippen LogP contribution in [0.1, 0.15) is 6.42 Å². The number of methoxy groups -OCH3 is 1. The first-order valence-corrected chi connectivity index (χ1v) is 7.03. The molecule has 0 bridgehead atoms. The van der Waals surface area contributed by atoms with Crippen LogP contribution in [-0.4, -0.2) is 43.8 Å². The lowest BCUT2D eigenvalue weighted by Crippen LogP contribution is -2.64. The summed E-state index contributed by atoms with van der Waals surface area (Å²) < 4.78 is 5.17. The van der Waals surface area contributed by atoms with Crippen LogP contribution < -0.4 is 9.64 Å². The van der Waals surface area contributed by atoms with Crippen LogP contribution in [0.3, 0.4) is 0 Å². The van der Waals surface area contributed by atoms with Crippen LogP contribution in [0.4, 0.5) is 5.69 Å². The summed E-state index contributed by atoms with van der Waals surface area (Å²) in [7, 11) is 3.62. The normalized spacial score (nSPS) is 35.7. The Labute approximate surface area is 118 Å². The summed E-state index contributed by atoms with van der Waals surface area (Å²) in [4.78, 5) is 19.9. The smallest absolute Gasteiger partial charge is 0.232 e. The zero-order chi connectivity index (χ0) is 13.9. The summed E-state index contributed by atoms with van der Waals surface area (Å²) in [6.07, 6.45) is 0.963. The molecule has 5 nitrogen and oxygen atoms in total. The van der Waals surface area contributed by atoms with Gasteiger partial charge >= 0.3 is 0 Å². The van der Waals surface area contributed by atoms with Crippen molar-refractivity contribution in [3.63, 3.8) is 0 Å². The largest absolute Gasteiger partial charge is 0.497 e. The molecule has 0 radical (unpaired) electrons. The second-order valence-corrected chi connectivity index (χ2v) is 5.83. The maximum atomic E-state index is 12.4. The lowest BCUT2D eigenvalue weighted by atomic mass is 9.88. The van der Waals surface area contributed by atoms with Gasteiger partial charge in [0.15, 0.2) is 0 Å². The second-order valence-electron chi connectivity index (χ2n) is 5.83. The van der Waals surface area contributed by atoms with Crippen molar-refractivity contribution < 1.29 is 14.4 Å². The van der Waals surface area contributed by atoms with Gasteiger partial charge in [0.2, 0.25) is 5.91 Å². The Kier molecular flexibility index (Phi) is 2.56. The number of amides is 1. The van der Waals surface area contributed by atoms with Gasteiger partial charge in [-0.1, -0.05) is 0 Å². The monoisotopic (exact) mass is 274 g/mol. The second kappa shape index (κ2) is 4.20. The maximum Gasteiger partial charge on any atom is 0.232 e. The van der Waals surface area contributed by atoms with E-state index in [1.165, 1.54) is 0 Å². The van der Waals surface area contributed by atoms with E-state index in [0.717, 1.165) is 24.5 Å². The topological polar surface area (TPSA) is 42.0 Å². The number of carbonyl (C=O) groups excluding carboxylic acids is 1. The van der Waals surface area contributed by atoms with E-state index in [1.807, 2.05) is 41.3 Å². The van der Waals surface area contributed by atoms with Crippen molar-refractivity contribution in [1.29, 1.82) is 0 Å². The zero-order valence-electron chi connectivity index (χ0n) is 11.7. The van der Waals surface area contributed by atoms with E-state index < -0.39 is 0 Å². The van der Waals surface area contributed by atoms with Crippen LogP contribution in [0.25, 0.3) is 0 Å². The molecule has 0 N–H and O–H groups in total. The molecule has 4 atom stereocenters. The van der Waals surface area contributed by atoms with E-state index in [4.69, 9.17) is 9.57 Å². The molecule has 1 saturated carbocycles. The molecule has 0 unspecified atom stereocenters. The number of ether oxygens (including phenoxy) is 1. The SMILES string of the molecule is COc1ccc(N2C(=O)[C@H]3C[C@@H]4CON(C)[C@@H]4[C@H]32)cc1. The molecule has 2 aliphatic heterocycles. The molecule has 1 aromatic carbocycles. The highest BCUT2D eigenvalue weighted by Crippen LogP contribution is 2.49. The minimum Gasteiger partial charge on any atom is -0.497 e. The van der Waals surface area contributed by atoms with Crippen LogP contribution in [0.15, 0.2) is 24.3 Å². The van der Waals surface area contributed by atoms with Gasteiger partial charge in [-0.3, -0.25) is 9.63 Å². The van der Waals surface area contributed by atoms with E-state index in [9.17, 15) is 4.79 Å². The Hall–Kier alpha value is -1.59. The highest BCUT2D eigenvalue weighted by molar-refractivity contribution is 6.03. The van der Waals surface area contributed by atoms with Gasteiger partial charge < -0.3 is 9.64 Å². The Morgan fingerprint density at radius 3 is 2.70 bits per heavy atom. The molecule has 1 amide bonds. The number of nitrogens with zero attached hydrogens (tertiary/aromatic N) is 2. The van der Waals surface area contributed by atoms with Crippen molar-refractivity contribution in [3.05, 3.63) is 24.3 Å². The van der Waals surface area contributed by atoms with Crippen LogP contribution in [-0.2, 0) is 9.63 Å². The van der Waals surface area contributed by atoms with Gasteiger partial charge in [-0.15, -0.1) is 0 Å². The maximum absolute atomic E-state index is 12.4. The highest BCUT2D eigenvalue weighted by Gasteiger charge is 2.62. The number of hydrogen-bond donors (Lipinski definition) is 0. The molecule has 106 valence electrons. The van der Waals surface area contributed by atoms with Crippen LogP contribution in [0.5, 0.6) is 5.75 Å². The fourth-order valence-electron chi connectivity index (χ4n) is 3.97.